The van der Waals surface area contributed by atoms with Crippen LogP contribution >= 0.6 is 0 Å². The number of carbonyl (C=O) groups is 2. The molecule has 7 nitrogen and oxygen atoms in total. The lowest BCUT2D eigenvalue weighted by molar-refractivity contribution is 0.0291. The second kappa shape index (κ2) is 7.39. The van der Waals surface area contributed by atoms with E-state index in [1.165, 1.54) is 6.42 Å². The lowest BCUT2D eigenvalue weighted by Gasteiger charge is -2.30. The van der Waals surface area contributed by atoms with Crippen LogP contribution in [0.25, 0.3) is 0 Å². The summed E-state index contributed by atoms with van der Waals surface area (Å²) < 4.78 is 7.35. The van der Waals surface area contributed by atoms with Gasteiger partial charge in [-0.1, -0.05) is 6.92 Å². The van der Waals surface area contributed by atoms with Gasteiger partial charge >= 0.3 is 0 Å². The first-order valence-electron chi connectivity index (χ1n) is 9.91. The molecule has 0 aromatic carbocycles. The van der Waals surface area contributed by atoms with E-state index in [4.69, 9.17) is 4.74 Å². The highest BCUT2D eigenvalue weighted by Gasteiger charge is 2.33. The molecule has 0 saturated carbocycles. The zero-order valence-electron chi connectivity index (χ0n) is 15.6. The lowest BCUT2D eigenvalue weighted by Crippen LogP contribution is -2.42. The van der Waals surface area contributed by atoms with Crippen LogP contribution in [-0.2, 0) is 17.7 Å². The average molecular weight is 360 g/mol. The number of amides is 2. The molecule has 1 unspecified atom stereocenters. The van der Waals surface area contributed by atoms with E-state index in [1.807, 2.05) is 9.47 Å². The molecule has 2 fully saturated rings. The van der Waals surface area contributed by atoms with Gasteiger partial charge < -0.3 is 19.1 Å². The van der Waals surface area contributed by atoms with Crippen LogP contribution in [0.2, 0.25) is 0 Å². The number of piperidine rings is 1. The maximum absolute atomic E-state index is 13.1. The van der Waals surface area contributed by atoms with Gasteiger partial charge in [0.1, 0.15) is 5.69 Å². The highest BCUT2D eigenvalue weighted by Crippen LogP contribution is 2.25. The van der Waals surface area contributed by atoms with Gasteiger partial charge in [-0.3, -0.25) is 9.59 Å². The number of aromatic nitrogens is 2. The number of carbonyl (C=O) groups excluding carboxylic acids is 2. The minimum absolute atomic E-state index is 0.00299. The third-order valence-electron chi connectivity index (χ3n) is 5.75. The predicted octanol–water partition coefficient (Wildman–Crippen LogP) is 1.56. The van der Waals surface area contributed by atoms with Crippen LogP contribution in [0.5, 0.6) is 0 Å². The summed E-state index contributed by atoms with van der Waals surface area (Å²) in [6.07, 6.45) is 5.12. The zero-order chi connectivity index (χ0) is 18.1. The molecular formula is C19H28N4O3. The fourth-order valence-corrected chi connectivity index (χ4v) is 4.31. The summed E-state index contributed by atoms with van der Waals surface area (Å²) >= 11 is 0. The van der Waals surface area contributed by atoms with Crippen molar-refractivity contribution in [2.45, 2.75) is 45.6 Å². The summed E-state index contributed by atoms with van der Waals surface area (Å²) in [7, 11) is 0. The molecule has 26 heavy (non-hydrogen) atoms. The topological polar surface area (TPSA) is 67.7 Å². The van der Waals surface area contributed by atoms with Crippen LogP contribution in [0, 0.1) is 5.92 Å². The average Bonchev–Trinajstić information content (AvgIpc) is 3.07. The summed E-state index contributed by atoms with van der Waals surface area (Å²) in [5.74, 6) is 0.904. The van der Waals surface area contributed by atoms with Gasteiger partial charge in [-0.2, -0.15) is 0 Å². The molecule has 1 atom stereocenters. The minimum atomic E-state index is -0.0671. The van der Waals surface area contributed by atoms with Crippen LogP contribution in [0.1, 0.15) is 59.4 Å². The van der Waals surface area contributed by atoms with Crippen molar-refractivity contribution < 1.29 is 14.3 Å². The van der Waals surface area contributed by atoms with Crippen molar-refractivity contribution in [3.8, 4) is 0 Å². The number of hydrogen-bond acceptors (Lipinski definition) is 4. The highest BCUT2D eigenvalue weighted by atomic mass is 16.5. The summed E-state index contributed by atoms with van der Waals surface area (Å²) in [5.41, 5.74) is 1.46. The van der Waals surface area contributed by atoms with Crippen molar-refractivity contribution in [1.29, 1.82) is 0 Å². The Kier molecular flexibility index (Phi) is 4.98. The molecule has 0 spiro atoms. The second-order valence-electron chi connectivity index (χ2n) is 7.74. The van der Waals surface area contributed by atoms with Crippen molar-refractivity contribution >= 4 is 11.8 Å². The van der Waals surface area contributed by atoms with Crippen molar-refractivity contribution in [3.05, 3.63) is 17.2 Å². The van der Waals surface area contributed by atoms with Crippen molar-refractivity contribution in [2.75, 3.05) is 39.4 Å². The Balaban J connectivity index is 1.64. The molecule has 0 radical (unpaired) electrons. The third-order valence-corrected chi connectivity index (χ3v) is 5.75. The first kappa shape index (κ1) is 17.5. The Bertz CT molecular complexity index is 693. The SMILES string of the molecule is CC1CCCN(C(=O)c2nc(C(=O)N3CCOCC3)n3c2CCCC3)C1. The number of likely N-dealkylation sites (tertiary alicyclic amines) is 1. The number of hydrogen-bond donors (Lipinski definition) is 0. The Labute approximate surface area is 154 Å². The molecule has 1 aromatic heterocycles. The second-order valence-corrected chi connectivity index (χ2v) is 7.74. The fourth-order valence-electron chi connectivity index (χ4n) is 4.31. The maximum Gasteiger partial charge on any atom is 0.290 e. The summed E-state index contributed by atoms with van der Waals surface area (Å²) in [5, 5.41) is 0. The molecule has 1 aromatic rings. The molecule has 4 heterocycles. The first-order chi connectivity index (χ1) is 12.6. The molecule has 142 valence electrons. The van der Waals surface area contributed by atoms with E-state index in [1.54, 1.807) is 4.90 Å². The molecule has 3 aliphatic heterocycles. The number of fused-ring (bicyclic) bond motifs is 1. The quantitative estimate of drug-likeness (QED) is 0.803. The van der Waals surface area contributed by atoms with Gasteiger partial charge in [0.25, 0.3) is 11.8 Å². The third kappa shape index (κ3) is 3.24. The van der Waals surface area contributed by atoms with E-state index in [9.17, 15) is 9.59 Å². The largest absolute Gasteiger partial charge is 0.378 e. The zero-order valence-corrected chi connectivity index (χ0v) is 15.6. The van der Waals surface area contributed by atoms with Crippen molar-refractivity contribution in [3.63, 3.8) is 0 Å². The highest BCUT2D eigenvalue weighted by molar-refractivity contribution is 5.97. The Morgan fingerprint density at radius 3 is 2.58 bits per heavy atom. The van der Waals surface area contributed by atoms with Gasteiger partial charge in [0.2, 0.25) is 0 Å². The molecule has 0 bridgehead atoms. The van der Waals surface area contributed by atoms with Crippen LogP contribution in [0.15, 0.2) is 0 Å². The van der Waals surface area contributed by atoms with E-state index in [-0.39, 0.29) is 11.8 Å². The van der Waals surface area contributed by atoms with Gasteiger partial charge in [-0.05, 0) is 38.0 Å². The van der Waals surface area contributed by atoms with Gasteiger partial charge in [0, 0.05) is 32.7 Å². The lowest BCUT2D eigenvalue weighted by atomic mass is 9.99. The predicted molar refractivity (Wildman–Crippen MR) is 96.2 cm³/mol. The van der Waals surface area contributed by atoms with E-state index in [2.05, 4.69) is 11.9 Å². The van der Waals surface area contributed by atoms with Gasteiger partial charge in [0.05, 0.1) is 18.9 Å². The van der Waals surface area contributed by atoms with Crippen LogP contribution in [0.3, 0.4) is 0 Å². The number of ether oxygens (including phenoxy) is 1. The van der Waals surface area contributed by atoms with Gasteiger partial charge in [-0.25, -0.2) is 4.98 Å². The van der Waals surface area contributed by atoms with E-state index in [0.717, 1.165) is 51.0 Å². The summed E-state index contributed by atoms with van der Waals surface area (Å²) in [6, 6.07) is 0. The minimum Gasteiger partial charge on any atom is -0.378 e. The number of nitrogens with zero attached hydrogens (tertiary/aromatic N) is 4. The molecule has 2 saturated heterocycles. The Morgan fingerprint density at radius 2 is 1.81 bits per heavy atom. The molecule has 0 aliphatic carbocycles. The van der Waals surface area contributed by atoms with Crippen LogP contribution in [0.4, 0.5) is 0 Å². The fraction of sp³-hybridized carbons (Fsp3) is 0.737. The molecule has 3 aliphatic rings. The first-order valence-corrected chi connectivity index (χ1v) is 9.91. The standard InChI is InChI=1S/C19H28N4O3/c1-14-5-4-7-22(13-14)18(24)16-15-6-2-3-8-23(15)17(20-16)19(25)21-9-11-26-12-10-21/h14H,2-13H2,1H3. The smallest absolute Gasteiger partial charge is 0.290 e. The van der Waals surface area contributed by atoms with Crippen molar-refractivity contribution in [1.82, 2.24) is 19.4 Å². The van der Waals surface area contributed by atoms with E-state index in [0.29, 0.717) is 43.7 Å². The summed E-state index contributed by atoms with van der Waals surface area (Å²) in [6.45, 7) is 6.86. The molecule has 2 amide bonds. The molecule has 0 N–H and O–H groups in total. The van der Waals surface area contributed by atoms with Gasteiger partial charge in [-0.15, -0.1) is 0 Å². The van der Waals surface area contributed by atoms with Gasteiger partial charge in [0.15, 0.2) is 5.82 Å². The van der Waals surface area contributed by atoms with E-state index < -0.39 is 0 Å². The molecular weight excluding hydrogens is 332 g/mol. The van der Waals surface area contributed by atoms with E-state index >= 15 is 0 Å². The van der Waals surface area contributed by atoms with Crippen LogP contribution in [-0.4, -0.2) is 70.6 Å². The molecule has 7 heteroatoms. The van der Waals surface area contributed by atoms with Crippen molar-refractivity contribution in [2.24, 2.45) is 5.92 Å². The van der Waals surface area contributed by atoms with Crippen LogP contribution < -0.4 is 0 Å². The normalized spacial score (nSPS) is 23.7. The molecule has 4 rings (SSSR count). The number of imidazole rings is 1. The Morgan fingerprint density at radius 1 is 1.00 bits per heavy atom. The number of rotatable bonds is 2. The summed E-state index contributed by atoms with van der Waals surface area (Å²) in [4.78, 5) is 34.5. The Hall–Kier alpha value is -1.89. The monoisotopic (exact) mass is 360 g/mol. The maximum atomic E-state index is 13.1. The number of morpholine rings is 1.